The molecule has 0 fully saturated rings. The first-order chi connectivity index (χ1) is 10.1. The maximum absolute atomic E-state index is 11.8. The van der Waals surface area contributed by atoms with Gasteiger partial charge in [-0.3, -0.25) is 4.79 Å². The van der Waals surface area contributed by atoms with Crippen LogP contribution in [-0.4, -0.2) is 42.4 Å². The minimum Gasteiger partial charge on any atom is -0.326 e. The van der Waals surface area contributed by atoms with Crippen LogP contribution in [0.3, 0.4) is 0 Å². The molecule has 5 heteroatoms. The highest BCUT2D eigenvalue weighted by Gasteiger charge is 2.09. The fourth-order valence-corrected chi connectivity index (χ4v) is 2.67. The monoisotopic (exact) mass is 305 g/mol. The topological polar surface area (TPSA) is 56.1 Å². The van der Waals surface area contributed by atoms with E-state index in [1.807, 2.05) is 11.8 Å². The van der Waals surface area contributed by atoms with E-state index in [-0.39, 0.29) is 5.91 Å². The number of nitriles is 1. The van der Waals surface area contributed by atoms with Crippen molar-refractivity contribution in [3.05, 3.63) is 29.8 Å². The predicted molar refractivity (Wildman–Crippen MR) is 89.5 cm³/mol. The van der Waals surface area contributed by atoms with Crippen molar-refractivity contribution in [1.29, 1.82) is 5.26 Å². The second-order valence-electron chi connectivity index (χ2n) is 5.13. The Morgan fingerprint density at radius 2 is 2.10 bits per heavy atom. The lowest BCUT2D eigenvalue weighted by Crippen LogP contribution is -2.32. The van der Waals surface area contributed by atoms with E-state index >= 15 is 0 Å². The van der Waals surface area contributed by atoms with Crippen molar-refractivity contribution in [1.82, 2.24) is 4.90 Å². The quantitative estimate of drug-likeness (QED) is 0.802. The number of hydrogen-bond acceptors (Lipinski definition) is 4. The summed E-state index contributed by atoms with van der Waals surface area (Å²) in [5, 5.41) is 11.6. The molecule has 1 N–H and O–H groups in total. The van der Waals surface area contributed by atoms with Crippen LogP contribution < -0.4 is 5.32 Å². The average Bonchev–Trinajstić information content (AvgIpc) is 2.48. The van der Waals surface area contributed by atoms with Gasteiger partial charge in [0.25, 0.3) is 0 Å². The van der Waals surface area contributed by atoms with E-state index in [4.69, 9.17) is 5.26 Å². The molecular formula is C16H23N3OS. The van der Waals surface area contributed by atoms with Crippen LogP contribution in [-0.2, 0) is 4.79 Å². The van der Waals surface area contributed by atoms with E-state index in [0.29, 0.717) is 18.0 Å². The number of nitrogens with one attached hydrogen (secondary N) is 1. The van der Waals surface area contributed by atoms with Crippen molar-refractivity contribution in [3.63, 3.8) is 0 Å². The highest BCUT2D eigenvalue weighted by Crippen LogP contribution is 2.10. The number of nitrogens with zero attached hydrogens (tertiary/aromatic N) is 2. The standard InChI is InChI=1S/C16H23N3OS/c1-13(12-21-3)19(2)10-4-5-16(20)18-15-8-6-14(11-17)7-9-15/h6-9,13H,4-5,10,12H2,1-3H3,(H,18,20). The number of benzene rings is 1. The number of carbonyl (C=O) groups is 1. The zero-order valence-electron chi connectivity index (χ0n) is 12.9. The molecule has 1 aromatic rings. The summed E-state index contributed by atoms with van der Waals surface area (Å²) in [5.41, 5.74) is 1.33. The molecule has 1 amide bonds. The lowest BCUT2D eigenvalue weighted by molar-refractivity contribution is -0.116. The van der Waals surface area contributed by atoms with Crippen molar-refractivity contribution in [3.8, 4) is 6.07 Å². The Balaban J connectivity index is 2.29. The first-order valence-corrected chi connectivity index (χ1v) is 8.45. The van der Waals surface area contributed by atoms with Gasteiger partial charge in [0, 0.05) is 23.9 Å². The van der Waals surface area contributed by atoms with Crippen LogP contribution in [0.25, 0.3) is 0 Å². The van der Waals surface area contributed by atoms with Gasteiger partial charge in [0.1, 0.15) is 0 Å². The Labute approximate surface area is 131 Å². The Morgan fingerprint density at radius 3 is 2.67 bits per heavy atom. The van der Waals surface area contributed by atoms with Crippen LogP contribution in [0.2, 0.25) is 0 Å². The summed E-state index contributed by atoms with van der Waals surface area (Å²) in [4.78, 5) is 14.1. The molecule has 0 spiro atoms. The molecule has 1 unspecified atom stereocenters. The molecular weight excluding hydrogens is 282 g/mol. The van der Waals surface area contributed by atoms with Gasteiger partial charge in [0.05, 0.1) is 11.6 Å². The zero-order valence-corrected chi connectivity index (χ0v) is 13.7. The maximum atomic E-state index is 11.8. The van der Waals surface area contributed by atoms with E-state index in [9.17, 15) is 4.79 Å². The minimum atomic E-state index is 0.0191. The molecule has 1 rings (SSSR count). The molecule has 0 aliphatic carbocycles. The van der Waals surface area contributed by atoms with Gasteiger partial charge in [-0.15, -0.1) is 0 Å². The summed E-state index contributed by atoms with van der Waals surface area (Å²) in [5.74, 6) is 1.12. The fourth-order valence-electron chi connectivity index (χ4n) is 1.93. The minimum absolute atomic E-state index is 0.0191. The number of amides is 1. The molecule has 0 radical (unpaired) electrons. The van der Waals surface area contributed by atoms with Crippen LogP contribution >= 0.6 is 11.8 Å². The van der Waals surface area contributed by atoms with Gasteiger partial charge in [-0.1, -0.05) is 0 Å². The van der Waals surface area contributed by atoms with Gasteiger partial charge < -0.3 is 10.2 Å². The molecule has 0 saturated carbocycles. The van der Waals surface area contributed by atoms with Crippen LogP contribution in [0.1, 0.15) is 25.3 Å². The van der Waals surface area contributed by atoms with Crippen LogP contribution in [0.15, 0.2) is 24.3 Å². The maximum Gasteiger partial charge on any atom is 0.224 e. The van der Waals surface area contributed by atoms with Crippen LogP contribution in [0, 0.1) is 11.3 Å². The highest BCUT2D eigenvalue weighted by atomic mass is 32.2. The van der Waals surface area contributed by atoms with Crippen LogP contribution in [0.5, 0.6) is 0 Å². The summed E-state index contributed by atoms with van der Waals surface area (Å²) in [7, 11) is 2.10. The molecule has 0 aliphatic rings. The molecule has 21 heavy (non-hydrogen) atoms. The van der Waals surface area contributed by atoms with Crippen molar-refractivity contribution in [2.24, 2.45) is 0 Å². The first-order valence-electron chi connectivity index (χ1n) is 7.06. The van der Waals surface area contributed by atoms with Crippen LogP contribution in [0.4, 0.5) is 5.69 Å². The molecule has 0 aromatic heterocycles. The van der Waals surface area contributed by atoms with Crippen molar-refractivity contribution >= 4 is 23.4 Å². The highest BCUT2D eigenvalue weighted by molar-refractivity contribution is 7.98. The van der Waals surface area contributed by atoms with Gasteiger partial charge in [-0.25, -0.2) is 0 Å². The van der Waals surface area contributed by atoms with E-state index < -0.39 is 0 Å². The van der Waals surface area contributed by atoms with Gasteiger partial charge in [-0.05, 0) is 57.5 Å². The third-order valence-electron chi connectivity index (χ3n) is 3.37. The number of thioether (sulfide) groups is 1. The van der Waals surface area contributed by atoms with E-state index in [1.165, 1.54) is 0 Å². The smallest absolute Gasteiger partial charge is 0.224 e. The number of rotatable bonds is 8. The largest absolute Gasteiger partial charge is 0.326 e. The van der Waals surface area contributed by atoms with Gasteiger partial charge in [-0.2, -0.15) is 17.0 Å². The number of carbonyl (C=O) groups excluding carboxylic acids is 1. The van der Waals surface area contributed by atoms with E-state index in [0.717, 1.165) is 24.4 Å². The number of anilines is 1. The van der Waals surface area contributed by atoms with Crippen molar-refractivity contribution < 1.29 is 4.79 Å². The second-order valence-corrected chi connectivity index (χ2v) is 6.04. The lowest BCUT2D eigenvalue weighted by atomic mass is 10.2. The molecule has 114 valence electrons. The summed E-state index contributed by atoms with van der Waals surface area (Å²) in [6, 6.07) is 9.49. The Hall–Kier alpha value is -1.51. The molecule has 1 aromatic carbocycles. The Bertz CT molecular complexity index is 481. The SMILES string of the molecule is CSCC(C)N(C)CCCC(=O)Nc1ccc(C#N)cc1. The average molecular weight is 305 g/mol. The normalized spacial score (nSPS) is 12.0. The molecule has 0 heterocycles. The summed E-state index contributed by atoms with van der Waals surface area (Å²) in [6.07, 6.45) is 3.46. The van der Waals surface area contributed by atoms with E-state index in [1.54, 1.807) is 24.3 Å². The third-order valence-corrected chi connectivity index (χ3v) is 4.19. The predicted octanol–water partition coefficient (Wildman–Crippen LogP) is 2.96. The summed E-state index contributed by atoms with van der Waals surface area (Å²) in [6.45, 7) is 3.12. The molecule has 4 nitrogen and oxygen atoms in total. The van der Waals surface area contributed by atoms with Crippen molar-refractivity contribution in [2.45, 2.75) is 25.8 Å². The first kappa shape index (κ1) is 17.5. The third kappa shape index (κ3) is 6.65. The van der Waals surface area contributed by atoms with Crippen molar-refractivity contribution in [2.75, 3.05) is 30.9 Å². The van der Waals surface area contributed by atoms with E-state index in [2.05, 4.69) is 36.5 Å². The molecule has 0 saturated heterocycles. The molecule has 0 bridgehead atoms. The molecule has 1 atom stereocenters. The van der Waals surface area contributed by atoms with Gasteiger partial charge in [0.2, 0.25) is 5.91 Å². The fraction of sp³-hybridized carbons (Fsp3) is 0.500. The Morgan fingerprint density at radius 1 is 1.43 bits per heavy atom. The number of hydrogen-bond donors (Lipinski definition) is 1. The summed E-state index contributed by atoms with van der Waals surface area (Å²) < 4.78 is 0. The lowest BCUT2D eigenvalue weighted by Gasteiger charge is -2.23. The van der Waals surface area contributed by atoms with Gasteiger partial charge >= 0.3 is 0 Å². The molecule has 0 aliphatic heterocycles. The van der Waals surface area contributed by atoms with Gasteiger partial charge in [0.15, 0.2) is 0 Å². The Kier molecular flexibility index (Phi) is 7.88. The second kappa shape index (κ2) is 9.43. The zero-order chi connectivity index (χ0) is 15.7. The summed E-state index contributed by atoms with van der Waals surface area (Å²) >= 11 is 1.84.